The maximum Gasteiger partial charge on any atom is 0.162 e. The average Bonchev–Trinajstić information content (AvgIpc) is 2.77. The zero-order chi connectivity index (χ0) is 20.9. The molecule has 150 valence electrons. The van der Waals surface area contributed by atoms with Crippen LogP contribution in [0, 0.1) is 0 Å². The smallest absolute Gasteiger partial charge is 0.162 e. The molecule has 0 saturated heterocycles. The molecule has 0 unspecified atom stereocenters. The number of benzene rings is 3. The van der Waals surface area contributed by atoms with Crippen molar-refractivity contribution < 1.29 is 0 Å². The monoisotopic (exact) mass is 394 g/mol. The van der Waals surface area contributed by atoms with E-state index in [9.17, 15) is 0 Å². The van der Waals surface area contributed by atoms with Gasteiger partial charge < -0.3 is 10.6 Å². The number of hydrogen-bond acceptors (Lipinski definition) is 4. The third kappa shape index (κ3) is 4.18. The fraction of sp³-hybridized carbons (Fsp3) is 0.154. The number of rotatable bonds is 7. The minimum absolute atomic E-state index is 0.700. The first-order chi connectivity index (χ1) is 14.7. The summed E-state index contributed by atoms with van der Waals surface area (Å²) < 4.78 is 0. The molecule has 4 heteroatoms. The van der Waals surface area contributed by atoms with Crippen molar-refractivity contribution in [3.8, 4) is 11.4 Å². The normalized spacial score (nSPS) is 11.6. The number of aromatic nitrogens is 2. The SMILES string of the molecule is C=C(/C=C(/C)NCCC)Nc1nc(-c2cccc3ccccc23)nc2ccccc12. The van der Waals surface area contributed by atoms with Crippen LogP contribution in [0.15, 0.2) is 90.8 Å². The van der Waals surface area contributed by atoms with Crippen LogP contribution < -0.4 is 10.6 Å². The summed E-state index contributed by atoms with van der Waals surface area (Å²) in [5.74, 6) is 1.46. The van der Waals surface area contributed by atoms with Gasteiger partial charge in [0.15, 0.2) is 5.82 Å². The van der Waals surface area contributed by atoms with E-state index in [-0.39, 0.29) is 0 Å². The van der Waals surface area contributed by atoms with Gasteiger partial charge in [-0.1, -0.05) is 68.1 Å². The van der Waals surface area contributed by atoms with Crippen LogP contribution in [-0.4, -0.2) is 16.5 Å². The van der Waals surface area contributed by atoms with Crippen molar-refractivity contribution in [3.05, 3.63) is 90.8 Å². The summed E-state index contributed by atoms with van der Waals surface area (Å²) in [6.07, 6.45) is 3.08. The Morgan fingerprint density at radius 3 is 2.50 bits per heavy atom. The molecule has 0 radical (unpaired) electrons. The Hall–Kier alpha value is -3.66. The van der Waals surface area contributed by atoms with E-state index >= 15 is 0 Å². The standard InChI is InChI=1S/C26H26N4/c1-4-16-27-18(2)17-19(3)28-26-23-13-7-8-15-24(23)29-25(30-26)22-14-9-11-20-10-5-6-12-21(20)22/h5-15,17,27H,3-4,16H2,1-2H3,(H,28,29,30)/b18-17-. The van der Waals surface area contributed by atoms with Gasteiger partial charge in [0.1, 0.15) is 5.82 Å². The second kappa shape index (κ2) is 8.78. The predicted octanol–water partition coefficient (Wildman–Crippen LogP) is 6.28. The molecular weight excluding hydrogens is 368 g/mol. The maximum atomic E-state index is 4.90. The Labute approximate surface area is 177 Å². The first-order valence-corrected chi connectivity index (χ1v) is 10.3. The Kier molecular flexibility index (Phi) is 5.75. The molecule has 3 aromatic carbocycles. The van der Waals surface area contributed by atoms with Gasteiger partial charge in [-0.25, -0.2) is 9.97 Å². The lowest BCUT2D eigenvalue weighted by Crippen LogP contribution is -2.12. The average molecular weight is 395 g/mol. The number of nitrogens with one attached hydrogen (secondary N) is 2. The molecule has 0 fully saturated rings. The fourth-order valence-corrected chi connectivity index (χ4v) is 3.54. The molecule has 2 N–H and O–H groups in total. The summed E-state index contributed by atoms with van der Waals surface area (Å²) >= 11 is 0. The molecule has 4 rings (SSSR count). The van der Waals surface area contributed by atoms with E-state index in [0.29, 0.717) is 5.82 Å². The molecule has 0 spiro atoms. The number of fused-ring (bicyclic) bond motifs is 2. The van der Waals surface area contributed by atoms with Crippen molar-refractivity contribution in [1.29, 1.82) is 0 Å². The largest absolute Gasteiger partial charge is 0.389 e. The molecule has 0 atom stereocenters. The van der Waals surface area contributed by atoms with Crippen molar-refractivity contribution in [1.82, 2.24) is 15.3 Å². The first-order valence-electron chi connectivity index (χ1n) is 10.3. The summed E-state index contributed by atoms with van der Waals surface area (Å²) in [5.41, 5.74) is 3.77. The van der Waals surface area contributed by atoms with Gasteiger partial charge in [0.25, 0.3) is 0 Å². The van der Waals surface area contributed by atoms with Crippen molar-refractivity contribution in [2.75, 3.05) is 11.9 Å². The van der Waals surface area contributed by atoms with E-state index in [0.717, 1.165) is 52.0 Å². The van der Waals surface area contributed by atoms with Crippen LogP contribution in [0.2, 0.25) is 0 Å². The number of anilines is 1. The van der Waals surface area contributed by atoms with Gasteiger partial charge in [0.2, 0.25) is 0 Å². The Balaban J connectivity index is 1.78. The fourth-order valence-electron chi connectivity index (χ4n) is 3.54. The Bertz CT molecular complexity index is 1230. The summed E-state index contributed by atoms with van der Waals surface area (Å²) in [4.78, 5) is 9.75. The van der Waals surface area contributed by atoms with Gasteiger partial charge in [-0.15, -0.1) is 0 Å². The molecule has 4 aromatic rings. The third-order valence-corrected chi connectivity index (χ3v) is 4.96. The van der Waals surface area contributed by atoms with Crippen LogP contribution in [0.5, 0.6) is 0 Å². The zero-order valence-corrected chi connectivity index (χ0v) is 17.4. The molecule has 0 amide bonds. The Morgan fingerprint density at radius 2 is 1.67 bits per heavy atom. The maximum absolute atomic E-state index is 4.90. The quantitative estimate of drug-likeness (QED) is 0.362. The van der Waals surface area contributed by atoms with Gasteiger partial charge in [-0.05, 0) is 42.3 Å². The molecule has 0 saturated carbocycles. The summed E-state index contributed by atoms with van der Waals surface area (Å²) in [6, 6.07) is 22.6. The number of hydrogen-bond donors (Lipinski definition) is 2. The summed E-state index contributed by atoms with van der Waals surface area (Å²) in [6.45, 7) is 9.30. The lowest BCUT2D eigenvalue weighted by atomic mass is 10.0. The van der Waals surface area contributed by atoms with Crippen molar-refractivity contribution >= 4 is 27.5 Å². The van der Waals surface area contributed by atoms with E-state index in [2.05, 4.69) is 48.4 Å². The predicted molar refractivity (Wildman–Crippen MR) is 127 cm³/mol. The molecule has 0 aliphatic heterocycles. The minimum atomic E-state index is 0.700. The van der Waals surface area contributed by atoms with E-state index in [4.69, 9.17) is 9.97 Å². The summed E-state index contributed by atoms with van der Waals surface area (Å²) in [7, 11) is 0. The van der Waals surface area contributed by atoms with Gasteiger partial charge >= 0.3 is 0 Å². The molecule has 0 aliphatic carbocycles. The molecular formula is C26H26N4. The molecule has 0 bridgehead atoms. The highest BCUT2D eigenvalue weighted by Crippen LogP contribution is 2.30. The minimum Gasteiger partial charge on any atom is -0.389 e. The molecule has 4 nitrogen and oxygen atoms in total. The Morgan fingerprint density at radius 1 is 0.933 bits per heavy atom. The highest BCUT2D eigenvalue weighted by Gasteiger charge is 2.12. The van der Waals surface area contributed by atoms with Crippen LogP contribution in [0.3, 0.4) is 0 Å². The lowest BCUT2D eigenvalue weighted by molar-refractivity contribution is 0.769. The van der Waals surface area contributed by atoms with Gasteiger partial charge in [0, 0.05) is 28.9 Å². The molecule has 30 heavy (non-hydrogen) atoms. The number of nitrogens with zero attached hydrogens (tertiary/aromatic N) is 2. The van der Waals surface area contributed by atoms with Crippen molar-refractivity contribution in [2.45, 2.75) is 20.3 Å². The van der Waals surface area contributed by atoms with E-state index in [1.54, 1.807) is 0 Å². The second-order valence-electron chi connectivity index (χ2n) is 7.34. The van der Waals surface area contributed by atoms with Crippen LogP contribution in [-0.2, 0) is 0 Å². The summed E-state index contributed by atoms with van der Waals surface area (Å²) in [5, 5.41) is 10.0. The molecule has 0 aliphatic rings. The first kappa shape index (κ1) is 19.6. The second-order valence-corrected chi connectivity index (χ2v) is 7.34. The third-order valence-electron chi connectivity index (χ3n) is 4.96. The van der Waals surface area contributed by atoms with Gasteiger partial charge in [-0.2, -0.15) is 0 Å². The van der Waals surface area contributed by atoms with E-state index in [1.165, 1.54) is 5.39 Å². The lowest BCUT2D eigenvalue weighted by Gasteiger charge is -2.13. The van der Waals surface area contributed by atoms with Crippen LogP contribution in [0.25, 0.3) is 33.1 Å². The van der Waals surface area contributed by atoms with Crippen molar-refractivity contribution in [2.24, 2.45) is 0 Å². The topological polar surface area (TPSA) is 49.8 Å². The van der Waals surface area contributed by atoms with Crippen molar-refractivity contribution in [3.63, 3.8) is 0 Å². The van der Waals surface area contributed by atoms with E-state index < -0.39 is 0 Å². The number of para-hydroxylation sites is 1. The zero-order valence-electron chi connectivity index (χ0n) is 17.4. The molecule has 1 heterocycles. The molecule has 1 aromatic heterocycles. The van der Waals surface area contributed by atoms with Gasteiger partial charge in [0.05, 0.1) is 5.52 Å². The number of allylic oxidation sites excluding steroid dienone is 2. The van der Waals surface area contributed by atoms with E-state index in [1.807, 2.05) is 55.5 Å². The highest BCUT2D eigenvalue weighted by molar-refractivity contribution is 5.97. The highest BCUT2D eigenvalue weighted by atomic mass is 15.0. The van der Waals surface area contributed by atoms with Crippen LogP contribution in [0.1, 0.15) is 20.3 Å². The van der Waals surface area contributed by atoms with Crippen LogP contribution >= 0.6 is 0 Å². The van der Waals surface area contributed by atoms with Gasteiger partial charge in [-0.3, -0.25) is 0 Å². The van der Waals surface area contributed by atoms with Crippen LogP contribution in [0.4, 0.5) is 5.82 Å².